The van der Waals surface area contributed by atoms with E-state index in [9.17, 15) is 18.0 Å². The molecule has 1 N–H and O–H groups in total. The Kier molecular flexibility index (Phi) is 4.90. The van der Waals surface area contributed by atoms with Crippen LogP contribution in [0.25, 0.3) is 0 Å². The molecule has 2 aromatic carbocycles. The van der Waals surface area contributed by atoms with Crippen molar-refractivity contribution in [1.29, 1.82) is 5.26 Å². The monoisotopic (exact) mass is 372 g/mol. The van der Waals surface area contributed by atoms with E-state index < -0.39 is 17.5 Å². The number of halogens is 3. The molecule has 3 rings (SSSR count). The van der Waals surface area contributed by atoms with Crippen molar-refractivity contribution in [3.05, 3.63) is 76.6 Å². The van der Waals surface area contributed by atoms with E-state index >= 15 is 0 Å². The van der Waals surface area contributed by atoms with Crippen LogP contribution in [0.2, 0.25) is 0 Å². The van der Waals surface area contributed by atoms with Crippen molar-refractivity contribution in [3.8, 4) is 11.8 Å². The van der Waals surface area contributed by atoms with E-state index in [2.05, 4.69) is 15.4 Å². The number of nitriles is 1. The Bertz CT molecular complexity index is 1000. The smallest absolute Gasteiger partial charge is 0.416 e. The van der Waals surface area contributed by atoms with E-state index in [0.29, 0.717) is 11.3 Å². The summed E-state index contributed by atoms with van der Waals surface area (Å²) in [5, 5.41) is 18.3. The van der Waals surface area contributed by atoms with Gasteiger partial charge < -0.3 is 4.74 Å². The van der Waals surface area contributed by atoms with E-state index in [-0.39, 0.29) is 23.6 Å². The van der Waals surface area contributed by atoms with Crippen molar-refractivity contribution < 1.29 is 22.7 Å². The molecule has 0 aliphatic heterocycles. The number of benzene rings is 2. The fourth-order valence-corrected chi connectivity index (χ4v) is 2.29. The first-order valence-corrected chi connectivity index (χ1v) is 7.63. The van der Waals surface area contributed by atoms with E-state index in [1.54, 1.807) is 18.2 Å². The lowest BCUT2D eigenvalue weighted by atomic mass is 10.1. The molecule has 0 fully saturated rings. The number of aromatic amines is 1. The number of carbonyl (C=O) groups is 1. The highest BCUT2D eigenvalue weighted by Crippen LogP contribution is 2.29. The molecule has 0 aliphatic carbocycles. The molecule has 0 radical (unpaired) electrons. The number of hydrogen-bond acceptors (Lipinski definition) is 5. The van der Waals surface area contributed by atoms with Gasteiger partial charge in [-0.25, -0.2) is 5.10 Å². The van der Waals surface area contributed by atoms with Gasteiger partial charge in [-0.1, -0.05) is 29.5 Å². The zero-order chi connectivity index (χ0) is 19.4. The molecule has 1 aromatic heterocycles. The fourth-order valence-electron chi connectivity index (χ4n) is 2.29. The average molecular weight is 372 g/mol. The first-order chi connectivity index (χ1) is 12.9. The van der Waals surface area contributed by atoms with Crippen LogP contribution in [0.5, 0.6) is 5.75 Å². The molecular weight excluding hydrogens is 361 g/mol. The maximum absolute atomic E-state index is 12.6. The Labute approximate surface area is 151 Å². The van der Waals surface area contributed by atoms with Crippen molar-refractivity contribution in [3.63, 3.8) is 0 Å². The van der Waals surface area contributed by atoms with E-state index in [4.69, 9.17) is 10.00 Å². The first kappa shape index (κ1) is 18.1. The Morgan fingerprint density at radius 3 is 2.59 bits per heavy atom. The van der Waals surface area contributed by atoms with Gasteiger partial charge in [0.1, 0.15) is 18.4 Å². The zero-order valence-electron chi connectivity index (χ0n) is 13.6. The van der Waals surface area contributed by atoms with E-state index in [1.165, 1.54) is 24.3 Å². The zero-order valence-corrected chi connectivity index (χ0v) is 13.6. The number of hydrogen-bond donors (Lipinski definition) is 1. The molecule has 9 heteroatoms. The molecule has 1 heterocycles. The summed E-state index contributed by atoms with van der Waals surface area (Å²) in [6, 6.07) is 12.6. The van der Waals surface area contributed by atoms with E-state index in [1.807, 2.05) is 0 Å². The van der Waals surface area contributed by atoms with Crippen LogP contribution in [0, 0.1) is 11.3 Å². The minimum Gasteiger partial charge on any atom is -0.489 e. The van der Waals surface area contributed by atoms with Crippen LogP contribution in [0.3, 0.4) is 0 Å². The second-order valence-electron chi connectivity index (χ2n) is 5.49. The molecule has 3 aromatic rings. The highest BCUT2D eigenvalue weighted by Gasteiger charge is 2.29. The summed E-state index contributed by atoms with van der Waals surface area (Å²) in [6.45, 7) is 0.0309. The third-order valence-electron chi connectivity index (χ3n) is 3.66. The lowest BCUT2D eigenvalue weighted by molar-refractivity contribution is -0.137. The van der Waals surface area contributed by atoms with Crippen molar-refractivity contribution in [2.45, 2.75) is 12.8 Å². The molecule has 0 bridgehead atoms. The van der Waals surface area contributed by atoms with Crippen LogP contribution in [-0.2, 0) is 12.8 Å². The summed E-state index contributed by atoms with van der Waals surface area (Å²) in [6.07, 6.45) is -4.39. The molecule has 0 unspecified atom stereocenters. The molecule has 0 spiro atoms. The van der Waals surface area contributed by atoms with Gasteiger partial charge >= 0.3 is 6.18 Å². The Hall–Kier alpha value is -3.67. The molecule has 27 heavy (non-hydrogen) atoms. The highest BCUT2D eigenvalue weighted by atomic mass is 19.4. The Morgan fingerprint density at radius 1 is 1.19 bits per heavy atom. The molecule has 0 aliphatic rings. The van der Waals surface area contributed by atoms with Gasteiger partial charge in [0, 0.05) is 5.56 Å². The predicted octanol–water partition coefficient (Wildman–Crippen LogP) is 3.51. The van der Waals surface area contributed by atoms with Crippen LogP contribution in [0.4, 0.5) is 13.2 Å². The molecule has 0 atom stereocenters. The van der Waals surface area contributed by atoms with Gasteiger partial charge in [0.2, 0.25) is 5.78 Å². The number of nitrogens with one attached hydrogen (secondary N) is 1. The topological polar surface area (TPSA) is 91.7 Å². The van der Waals surface area contributed by atoms with Crippen LogP contribution >= 0.6 is 0 Å². The standard InChI is InChI=1S/C18H11F3N4O2/c19-18(20,21)13-6-4-11(5-7-13)10-27-14-3-1-2-12(8-14)17(26)16-15(9-22)23-25-24-16/h1-8H,10H2,(H,23,24,25). The summed E-state index contributed by atoms with van der Waals surface area (Å²) in [5.74, 6) is -0.150. The second-order valence-corrected chi connectivity index (χ2v) is 5.49. The van der Waals surface area contributed by atoms with Gasteiger partial charge in [0.15, 0.2) is 11.4 Å². The number of ether oxygens (including phenoxy) is 1. The van der Waals surface area contributed by atoms with Gasteiger partial charge in [-0.15, -0.1) is 5.10 Å². The number of alkyl halides is 3. The van der Waals surface area contributed by atoms with Crippen molar-refractivity contribution >= 4 is 5.78 Å². The molecule has 136 valence electrons. The third kappa shape index (κ3) is 4.12. The van der Waals surface area contributed by atoms with Crippen molar-refractivity contribution in [1.82, 2.24) is 15.4 Å². The number of carbonyl (C=O) groups excluding carboxylic acids is 1. The third-order valence-corrected chi connectivity index (χ3v) is 3.66. The highest BCUT2D eigenvalue weighted by molar-refractivity contribution is 6.08. The average Bonchev–Trinajstić information content (AvgIpc) is 3.14. The summed E-state index contributed by atoms with van der Waals surface area (Å²) in [7, 11) is 0. The molecule has 6 nitrogen and oxygen atoms in total. The largest absolute Gasteiger partial charge is 0.489 e. The lowest BCUT2D eigenvalue weighted by Crippen LogP contribution is -2.06. The molecule has 0 amide bonds. The fraction of sp³-hybridized carbons (Fsp3) is 0.111. The van der Waals surface area contributed by atoms with Crippen LogP contribution in [0.1, 0.15) is 32.9 Å². The Balaban J connectivity index is 1.71. The minimum atomic E-state index is -4.39. The summed E-state index contributed by atoms with van der Waals surface area (Å²) >= 11 is 0. The van der Waals surface area contributed by atoms with Crippen LogP contribution in [-0.4, -0.2) is 21.2 Å². The summed E-state index contributed by atoms with van der Waals surface area (Å²) < 4.78 is 43.2. The van der Waals surface area contributed by atoms with E-state index in [0.717, 1.165) is 12.1 Å². The maximum atomic E-state index is 12.6. The second kappa shape index (κ2) is 7.29. The predicted molar refractivity (Wildman–Crippen MR) is 86.7 cm³/mol. The van der Waals surface area contributed by atoms with Crippen LogP contribution in [0.15, 0.2) is 48.5 Å². The number of ketones is 1. The van der Waals surface area contributed by atoms with Gasteiger partial charge in [0.05, 0.1) is 5.56 Å². The van der Waals surface area contributed by atoms with Gasteiger partial charge in [0.25, 0.3) is 0 Å². The maximum Gasteiger partial charge on any atom is 0.416 e. The number of nitrogens with zero attached hydrogens (tertiary/aromatic N) is 3. The molecular formula is C18H11F3N4O2. The van der Waals surface area contributed by atoms with Gasteiger partial charge in [-0.2, -0.15) is 18.4 Å². The first-order valence-electron chi connectivity index (χ1n) is 7.63. The molecule has 0 saturated heterocycles. The quantitative estimate of drug-likeness (QED) is 0.692. The van der Waals surface area contributed by atoms with Gasteiger partial charge in [-0.3, -0.25) is 4.79 Å². The number of aromatic nitrogens is 3. The van der Waals surface area contributed by atoms with Gasteiger partial charge in [-0.05, 0) is 29.8 Å². The molecule has 0 saturated carbocycles. The normalized spacial score (nSPS) is 11.0. The lowest BCUT2D eigenvalue weighted by Gasteiger charge is -2.09. The van der Waals surface area contributed by atoms with Crippen molar-refractivity contribution in [2.75, 3.05) is 0 Å². The minimum absolute atomic E-state index is 0.0309. The van der Waals surface area contributed by atoms with Crippen molar-refractivity contribution in [2.24, 2.45) is 0 Å². The number of H-pyrrole nitrogens is 1. The van der Waals surface area contributed by atoms with Crippen LogP contribution < -0.4 is 4.74 Å². The SMILES string of the molecule is N#Cc1[nH]nnc1C(=O)c1cccc(OCc2ccc(C(F)(F)F)cc2)c1. The summed E-state index contributed by atoms with van der Waals surface area (Å²) in [4.78, 5) is 12.4. The summed E-state index contributed by atoms with van der Waals surface area (Å²) in [5.41, 5.74) is -0.0958. The number of rotatable bonds is 5. The Morgan fingerprint density at radius 2 is 1.93 bits per heavy atom.